The molecule has 0 saturated heterocycles. The van der Waals surface area contributed by atoms with Crippen molar-refractivity contribution < 1.29 is 13.9 Å². The molecular weight excluding hydrogens is 242 g/mol. The summed E-state index contributed by atoms with van der Waals surface area (Å²) in [6.45, 7) is 4.26. The number of hydrogen-bond acceptors (Lipinski definition) is 3. The fourth-order valence-corrected chi connectivity index (χ4v) is 2.16. The maximum absolute atomic E-state index is 11.2. The molecule has 100 valence electrons. The highest BCUT2D eigenvalue weighted by Gasteiger charge is 2.13. The standard InChI is InChI=1S/C15H17NO3/c1-10-7-11(2)14(13-5-4-6-18-13)12(8-10)9-19-15(17)16-3/h4-8H,9H2,1-3H3,(H,16,17). The first-order valence-electron chi connectivity index (χ1n) is 6.10. The summed E-state index contributed by atoms with van der Waals surface area (Å²) >= 11 is 0. The van der Waals surface area contributed by atoms with Gasteiger partial charge in [0.15, 0.2) is 0 Å². The number of aryl methyl sites for hydroxylation is 2. The van der Waals surface area contributed by atoms with Crippen LogP contribution < -0.4 is 5.32 Å². The second-order valence-electron chi connectivity index (χ2n) is 4.42. The van der Waals surface area contributed by atoms with Crippen LogP contribution in [0.15, 0.2) is 34.9 Å². The zero-order chi connectivity index (χ0) is 13.8. The molecular formula is C15H17NO3. The molecule has 1 heterocycles. The van der Waals surface area contributed by atoms with Crippen molar-refractivity contribution in [3.05, 3.63) is 47.2 Å². The van der Waals surface area contributed by atoms with Crippen molar-refractivity contribution >= 4 is 6.09 Å². The Balaban J connectivity index is 2.38. The molecule has 0 radical (unpaired) electrons. The highest BCUT2D eigenvalue weighted by molar-refractivity contribution is 5.69. The zero-order valence-electron chi connectivity index (χ0n) is 11.3. The molecule has 2 rings (SSSR count). The van der Waals surface area contributed by atoms with E-state index < -0.39 is 6.09 Å². The Morgan fingerprint density at radius 2 is 2.16 bits per heavy atom. The molecule has 0 saturated carbocycles. The van der Waals surface area contributed by atoms with E-state index >= 15 is 0 Å². The Hall–Kier alpha value is -2.23. The Labute approximate surface area is 112 Å². The molecule has 0 spiro atoms. The topological polar surface area (TPSA) is 51.5 Å². The molecule has 4 heteroatoms. The summed E-state index contributed by atoms with van der Waals surface area (Å²) in [7, 11) is 1.54. The highest BCUT2D eigenvalue weighted by atomic mass is 16.5. The Kier molecular flexibility index (Phi) is 3.90. The van der Waals surface area contributed by atoms with Crippen molar-refractivity contribution in [2.24, 2.45) is 0 Å². The fraction of sp³-hybridized carbons (Fsp3) is 0.267. The van der Waals surface area contributed by atoms with Gasteiger partial charge in [0, 0.05) is 18.2 Å². The quantitative estimate of drug-likeness (QED) is 0.918. The molecule has 1 N–H and O–H groups in total. The third-order valence-corrected chi connectivity index (χ3v) is 2.89. The van der Waals surface area contributed by atoms with E-state index in [1.807, 2.05) is 32.0 Å². The third-order valence-electron chi connectivity index (χ3n) is 2.89. The second kappa shape index (κ2) is 5.61. The van der Waals surface area contributed by atoms with E-state index in [0.717, 1.165) is 28.0 Å². The van der Waals surface area contributed by atoms with Crippen LogP contribution in [0.3, 0.4) is 0 Å². The van der Waals surface area contributed by atoms with Gasteiger partial charge in [-0.15, -0.1) is 0 Å². The summed E-state index contributed by atoms with van der Waals surface area (Å²) in [5, 5.41) is 2.43. The summed E-state index contributed by atoms with van der Waals surface area (Å²) in [5.74, 6) is 0.785. The van der Waals surface area contributed by atoms with Crippen molar-refractivity contribution in [1.29, 1.82) is 0 Å². The second-order valence-corrected chi connectivity index (χ2v) is 4.42. The van der Waals surface area contributed by atoms with Crippen LogP contribution in [0, 0.1) is 13.8 Å². The van der Waals surface area contributed by atoms with E-state index in [9.17, 15) is 4.79 Å². The summed E-state index contributed by atoms with van der Waals surface area (Å²) in [4.78, 5) is 11.2. The number of carbonyl (C=O) groups is 1. The minimum absolute atomic E-state index is 0.220. The lowest BCUT2D eigenvalue weighted by atomic mass is 9.97. The lowest BCUT2D eigenvalue weighted by Gasteiger charge is -2.12. The number of benzene rings is 1. The molecule has 4 nitrogen and oxygen atoms in total. The van der Waals surface area contributed by atoms with Crippen molar-refractivity contribution in [3.8, 4) is 11.3 Å². The van der Waals surface area contributed by atoms with E-state index in [1.54, 1.807) is 6.26 Å². The number of amides is 1. The van der Waals surface area contributed by atoms with Crippen molar-refractivity contribution in [1.82, 2.24) is 5.32 Å². The normalized spacial score (nSPS) is 10.3. The molecule has 1 amide bonds. The van der Waals surface area contributed by atoms with Crippen LogP contribution >= 0.6 is 0 Å². The number of carbonyl (C=O) groups excluding carboxylic acids is 1. The summed E-state index contributed by atoms with van der Waals surface area (Å²) in [6.07, 6.45) is 1.20. The zero-order valence-corrected chi connectivity index (χ0v) is 11.3. The van der Waals surface area contributed by atoms with Crippen molar-refractivity contribution in [2.75, 3.05) is 7.05 Å². The third kappa shape index (κ3) is 2.96. The molecule has 0 fully saturated rings. The van der Waals surface area contributed by atoms with Gasteiger partial charge in [-0.1, -0.05) is 17.7 Å². The molecule has 0 aliphatic rings. The lowest BCUT2D eigenvalue weighted by molar-refractivity contribution is 0.142. The first-order chi connectivity index (χ1) is 9.11. The van der Waals surface area contributed by atoms with Gasteiger partial charge in [0.05, 0.1) is 6.26 Å². The van der Waals surface area contributed by atoms with Gasteiger partial charge >= 0.3 is 6.09 Å². The van der Waals surface area contributed by atoms with Gasteiger partial charge in [0.2, 0.25) is 0 Å². The van der Waals surface area contributed by atoms with Gasteiger partial charge < -0.3 is 14.5 Å². The summed E-state index contributed by atoms with van der Waals surface area (Å²) < 4.78 is 10.6. The average molecular weight is 259 g/mol. The number of hydrogen-bond donors (Lipinski definition) is 1. The van der Waals surface area contributed by atoms with Crippen LogP contribution in [-0.4, -0.2) is 13.1 Å². The first-order valence-corrected chi connectivity index (χ1v) is 6.10. The average Bonchev–Trinajstić information content (AvgIpc) is 2.88. The fourth-order valence-electron chi connectivity index (χ4n) is 2.16. The number of rotatable bonds is 3. The maximum Gasteiger partial charge on any atom is 0.407 e. The Morgan fingerprint density at radius 3 is 2.79 bits per heavy atom. The molecule has 19 heavy (non-hydrogen) atoms. The minimum atomic E-state index is -0.440. The maximum atomic E-state index is 11.2. The van der Waals surface area contributed by atoms with Crippen LogP contribution in [0.25, 0.3) is 11.3 Å². The lowest BCUT2D eigenvalue weighted by Crippen LogP contribution is -2.19. The Morgan fingerprint density at radius 1 is 1.37 bits per heavy atom. The van der Waals surface area contributed by atoms with E-state index in [0.29, 0.717) is 0 Å². The van der Waals surface area contributed by atoms with Crippen LogP contribution in [0.5, 0.6) is 0 Å². The number of nitrogens with one attached hydrogen (secondary N) is 1. The van der Waals surface area contributed by atoms with Crippen LogP contribution in [0.2, 0.25) is 0 Å². The highest BCUT2D eigenvalue weighted by Crippen LogP contribution is 2.29. The van der Waals surface area contributed by atoms with E-state index in [4.69, 9.17) is 9.15 Å². The minimum Gasteiger partial charge on any atom is -0.464 e. The summed E-state index contributed by atoms with van der Waals surface area (Å²) in [5.41, 5.74) is 4.16. The van der Waals surface area contributed by atoms with Crippen LogP contribution in [0.4, 0.5) is 4.79 Å². The van der Waals surface area contributed by atoms with Gasteiger partial charge in [0.1, 0.15) is 12.4 Å². The van der Waals surface area contributed by atoms with E-state index in [2.05, 4.69) is 11.4 Å². The first kappa shape index (κ1) is 13.2. The SMILES string of the molecule is CNC(=O)OCc1cc(C)cc(C)c1-c1ccco1. The molecule has 1 aromatic carbocycles. The molecule has 0 bridgehead atoms. The number of alkyl carbamates (subject to hydrolysis) is 1. The summed E-state index contributed by atoms with van der Waals surface area (Å²) in [6, 6.07) is 7.84. The van der Waals surface area contributed by atoms with Gasteiger partial charge in [-0.2, -0.15) is 0 Å². The predicted molar refractivity (Wildman–Crippen MR) is 72.9 cm³/mol. The molecule has 2 aromatic rings. The molecule has 0 unspecified atom stereocenters. The predicted octanol–water partition coefficient (Wildman–Crippen LogP) is 3.42. The van der Waals surface area contributed by atoms with Gasteiger partial charge in [-0.3, -0.25) is 0 Å². The van der Waals surface area contributed by atoms with Crippen LogP contribution in [-0.2, 0) is 11.3 Å². The van der Waals surface area contributed by atoms with Gasteiger partial charge in [0.25, 0.3) is 0 Å². The van der Waals surface area contributed by atoms with Gasteiger partial charge in [-0.05, 0) is 31.5 Å². The van der Waals surface area contributed by atoms with Gasteiger partial charge in [-0.25, -0.2) is 4.79 Å². The number of furan rings is 1. The molecule has 1 aromatic heterocycles. The van der Waals surface area contributed by atoms with Crippen molar-refractivity contribution in [3.63, 3.8) is 0 Å². The van der Waals surface area contributed by atoms with E-state index in [1.165, 1.54) is 7.05 Å². The molecule has 0 aliphatic carbocycles. The van der Waals surface area contributed by atoms with Crippen LogP contribution in [0.1, 0.15) is 16.7 Å². The Bertz CT molecular complexity index is 573. The number of ether oxygens (including phenoxy) is 1. The molecule has 0 aliphatic heterocycles. The molecule has 0 atom stereocenters. The largest absolute Gasteiger partial charge is 0.464 e. The van der Waals surface area contributed by atoms with E-state index in [-0.39, 0.29) is 6.61 Å². The monoisotopic (exact) mass is 259 g/mol. The smallest absolute Gasteiger partial charge is 0.407 e. The van der Waals surface area contributed by atoms with Crippen molar-refractivity contribution in [2.45, 2.75) is 20.5 Å².